The summed E-state index contributed by atoms with van der Waals surface area (Å²) in [4.78, 5) is 3.01. The molecule has 0 saturated heterocycles. The standard InChI is InChI=1S/C7H13N3/c1-2-5(8)7-6(9)3-4-10-7/h3-5,10H,2,8-9H2,1H3. The van der Waals surface area contributed by atoms with Crippen LogP contribution in [0.2, 0.25) is 0 Å². The van der Waals surface area contributed by atoms with Crippen molar-refractivity contribution in [2.45, 2.75) is 19.4 Å². The average molecular weight is 139 g/mol. The van der Waals surface area contributed by atoms with Gasteiger partial charge in [0, 0.05) is 12.2 Å². The zero-order valence-electron chi connectivity index (χ0n) is 6.09. The van der Waals surface area contributed by atoms with E-state index in [9.17, 15) is 0 Å². The first kappa shape index (κ1) is 7.15. The molecule has 1 aromatic heterocycles. The van der Waals surface area contributed by atoms with Crippen LogP contribution in [0.1, 0.15) is 25.1 Å². The van der Waals surface area contributed by atoms with Crippen LogP contribution in [0.25, 0.3) is 0 Å². The molecule has 0 radical (unpaired) electrons. The molecule has 0 aliphatic carbocycles. The summed E-state index contributed by atoms with van der Waals surface area (Å²) < 4.78 is 0. The van der Waals surface area contributed by atoms with Crippen LogP contribution in [0, 0.1) is 0 Å². The monoisotopic (exact) mass is 139 g/mol. The lowest BCUT2D eigenvalue weighted by Gasteiger charge is -2.06. The van der Waals surface area contributed by atoms with E-state index in [2.05, 4.69) is 4.98 Å². The Labute approximate surface area is 60.4 Å². The molecule has 5 N–H and O–H groups in total. The highest BCUT2D eigenvalue weighted by Gasteiger charge is 2.06. The minimum Gasteiger partial charge on any atom is -0.397 e. The van der Waals surface area contributed by atoms with E-state index >= 15 is 0 Å². The molecule has 0 aliphatic heterocycles. The maximum atomic E-state index is 5.73. The molecule has 1 atom stereocenters. The number of anilines is 1. The smallest absolute Gasteiger partial charge is 0.0550 e. The van der Waals surface area contributed by atoms with Crippen LogP contribution >= 0.6 is 0 Å². The van der Waals surface area contributed by atoms with E-state index in [1.807, 2.05) is 13.0 Å². The van der Waals surface area contributed by atoms with E-state index in [1.165, 1.54) is 0 Å². The van der Waals surface area contributed by atoms with Crippen molar-refractivity contribution in [2.24, 2.45) is 5.73 Å². The van der Waals surface area contributed by atoms with Crippen molar-refractivity contribution in [3.05, 3.63) is 18.0 Å². The van der Waals surface area contributed by atoms with Crippen LogP contribution in [0.15, 0.2) is 12.3 Å². The van der Waals surface area contributed by atoms with Gasteiger partial charge in [-0.25, -0.2) is 0 Å². The van der Waals surface area contributed by atoms with Crippen LogP contribution in [-0.2, 0) is 0 Å². The number of nitrogens with one attached hydrogen (secondary N) is 1. The predicted octanol–water partition coefficient (Wildman–Crippen LogP) is 1.01. The fourth-order valence-electron chi connectivity index (χ4n) is 0.920. The fourth-order valence-corrected chi connectivity index (χ4v) is 0.920. The van der Waals surface area contributed by atoms with Crippen LogP contribution in [0.5, 0.6) is 0 Å². The Bertz CT molecular complexity index is 204. The first-order valence-electron chi connectivity index (χ1n) is 3.44. The molecule has 1 aromatic rings. The summed E-state index contributed by atoms with van der Waals surface area (Å²) in [5, 5.41) is 0. The molecule has 3 nitrogen and oxygen atoms in total. The Morgan fingerprint density at radius 1 is 1.70 bits per heavy atom. The number of hydrogen-bond acceptors (Lipinski definition) is 2. The molecule has 0 amide bonds. The highest BCUT2D eigenvalue weighted by molar-refractivity contribution is 5.44. The Hall–Kier alpha value is -0.960. The molecule has 1 heterocycles. The van der Waals surface area contributed by atoms with Gasteiger partial charge in [0.05, 0.1) is 11.4 Å². The topological polar surface area (TPSA) is 67.8 Å². The van der Waals surface area contributed by atoms with Gasteiger partial charge < -0.3 is 16.5 Å². The second-order valence-electron chi connectivity index (χ2n) is 2.36. The van der Waals surface area contributed by atoms with Gasteiger partial charge in [0.15, 0.2) is 0 Å². The Morgan fingerprint density at radius 3 is 2.80 bits per heavy atom. The molecule has 0 saturated carbocycles. The lowest BCUT2D eigenvalue weighted by molar-refractivity contribution is 0.682. The Balaban J connectivity index is 2.82. The third-order valence-corrected chi connectivity index (χ3v) is 1.62. The van der Waals surface area contributed by atoms with Gasteiger partial charge in [0.2, 0.25) is 0 Å². The van der Waals surface area contributed by atoms with Gasteiger partial charge in [0.1, 0.15) is 0 Å². The van der Waals surface area contributed by atoms with Crippen LogP contribution in [0.3, 0.4) is 0 Å². The number of hydrogen-bond donors (Lipinski definition) is 3. The maximum Gasteiger partial charge on any atom is 0.0550 e. The second kappa shape index (κ2) is 2.75. The molecule has 3 heteroatoms. The lowest BCUT2D eigenvalue weighted by atomic mass is 10.1. The highest BCUT2D eigenvalue weighted by Crippen LogP contribution is 2.17. The summed E-state index contributed by atoms with van der Waals surface area (Å²) in [7, 11) is 0. The van der Waals surface area contributed by atoms with Crippen molar-refractivity contribution in [3.8, 4) is 0 Å². The number of H-pyrrole nitrogens is 1. The normalized spacial score (nSPS) is 13.4. The molecule has 0 aliphatic rings. The van der Waals surface area contributed by atoms with E-state index in [0.29, 0.717) is 0 Å². The zero-order valence-corrected chi connectivity index (χ0v) is 6.09. The Morgan fingerprint density at radius 2 is 2.40 bits per heavy atom. The summed E-state index contributed by atoms with van der Waals surface area (Å²) in [6.45, 7) is 2.03. The van der Waals surface area contributed by atoms with Gasteiger partial charge in [-0.1, -0.05) is 6.92 Å². The molecule has 0 fully saturated rings. The van der Waals surface area contributed by atoms with E-state index in [4.69, 9.17) is 11.5 Å². The van der Waals surface area contributed by atoms with Crippen molar-refractivity contribution in [1.82, 2.24) is 4.98 Å². The van der Waals surface area contributed by atoms with Gasteiger partial charge in [-0.15, -0.1) is 0 Å². The summed E-state index contributed by atoms with van der Waals surface area (Å²) >= 11 is 0. The van der Waals surface area contributed by atoms with Gasteiger partial charge in [-0.2, -0.15) is 0 Å². The van der Waals surface area contributed by atoms with Crippen molar-refractivity contribution >= 4 is 5.69 Å². The van der Waals surface area contributed by atoms with E-state index in [1.54, 1.807) is 6.20 Å². The van der Waals surface area contributed by atoms with Crippen molar-refractivity contribution < 1.29 is 0 Å². The van der Waals surface area contributed by atoms with Gasteiger partial charge in [-0.3, -0.25) is 0 Å². The fraction of sp³-hybridized carbons (Fsp3) is 0.429. The van der Waals surface area contributed by atoms with Gasteiger partial charge >= 0.3 is 0 Å². The number of nitrogens with two attached hydrogens (primary N) is 2. The maximum absolute atomic E-state index is 5.73. The van der Waals surface area contributed by atoms with Crippen molar-refractivity contribution in [3.63, 3.8) is 0 Å². The third kappa shape index (κ3) is 1.14. The first-order chi connectivity index (χ1) is 4.75. The minimum atomic E-state index is 0.0509. The summed E-state index contributed by atoms with van der Waals surface area (Å²) in [5.41, 5.74) is 13.0. The highest BCUT2D eigenvalue weighted by atomic mass is 14.8. The number of aromatic nitrogens is 1. The molecular weight excluding hydrogens is 126 g/mol. The third-order valence-electron chi connectivity index (χ3n) is 1.62. The van der Waals surface area contributed by atoms with Crippen LogP contribution in [-0.4, -0.2) is 4.98 Å². The van der Waals surface area contributed by atoms with Crippen molar-refractivity contribution in [2.75, 3.05) is 5.73 Å². The number of aromatic amines is 1. The lowest BCUT2D eigenvalue weighted by Crippen LogP contribution is -2.10. The minimum absolute atomic E-state index is 0.0509. The molecule has 0 spiro atoms. The number of rotatable bonds is 2. The molecule has 10 heavy (non-hydrogen) atoms. The zero-order chi connectivity index (χ0) is 7.56. The average Bonchev–Trinajstić information content (AvgIpc) is 2.34. The predicted molar refractivity (Wildman–Crippen MR) is 42.4 cm³/mol. The largest absolute Gasteiger partial charge is 0.397 e. The summed E-state index contributed by atoms with van der Waals surface area (Å²) in [6, 6.07) is 1.88. The molecule has 1 unspecified atom stereocenters. The van der Waals surface area contributed by atoms with Crippen LogP contribution in [0.4, 0.5) is 5.69 Å². The summed E-state index contributed by atoms with van der Waals surface area (Å²) in [5.74, 6) is 0. The first-order valence-corrected chi connectivity index (χ1v) is 3.44. The number of nitrogen functional groups attached to an aromatic ring is 1. The van der Waals surface area contributed by atoms with E-state index in [0.717, 1.165) is 17.8 Å². The summed E-state index contributed by atoms with van der Waals surface area (Å²) in [6.07, 6.45) is 2.71. The second-order valence-corrected chi connectivity index (χ2v) is 2.36. The molecule has 0 bridgehead atoms. The van der Waals surface area contributed by atoms with E-state index in [-0.39, 0.29) is 6.04 Å². The molecule has 1 rings (SSSR count). The SMILES string of the molecule is CCC(N)c1[nH]ccc1N. The quantitative estimate of drug-likeness (QED) is 0.572. The van der Waals surface area contributed by atoms with Gasteiger partial charge in [-0.05, 0) is 12.5 Å². The van der Waals surface area contributed by atoms with Gasteiger partial charge in [0.25, 0.3) is 0 Å². The van der Waals surface area contributed by atoms with E-state index < -0.39 is 0 Å². The Kier molecular flexibility index (Phi) is 1.97. The van der Waals surface area contributed by atoms with Crippen LogP contribution < -0.4 is 11.5 Å². The molecule has 56 valence electrons. The van der Waals surface area contributed by atoms with Crippen molar-refractivity contribution in [1.29, 1.82) is 0 Å². The molecular formula is C7H13N3. The molecule has 0 aromatic carbocycles.